The second kappa shape index (κ2) is 9.40. The van der Waals surface area contributed by atoms with Crippen molar-refractivity contribution in [1.29, 1.82) is 0 Å². The van der Waals surface area contributed by atoms with Crippen LogP contribution in [0.1, 0.15) is 12.8 Å². The lowest BCUT2D eigenvalue weighted by atomic mass is 10.1. The Labute approximate surface area is 191 Å². The van der Waals surface area contributed by atoms with Gasteiger partial charge in [-0.2, -0.15) is 0 Å². The molecule has 2 heterocycles. The third-order valence-corrected chi connectivity index (χ3v) is 5.08. The molecule has 0 spiro atoms. The molecule has 0 fully saturated rings. The summed E-state index contributed by atoms with van der Waals surface area (Å²) in [5.74, 6) is -1.07. The summed E-state index contributed by atoms with van der Waals surface area (Å²) in [5.41, 5.74) is 3.54. The van der Waals surface area contributed by atoms with E-state index in [0.29, 0.717) is 44.8 Å². The second-order valence-electron chi connectivity index (χ2n) is 7.39. The van der Waals surface area contributed by atoms with Crippen LogP contribution in [0.5, 0.6) is 0 Å². The highest BCUT2D eigenvalue weighted by molar-refractivity contribution is 5.83. The van der Waals surface area contributed by atoms with E-state index in [1.54, 1.807) is 36.4 Å². The van der Waals surface area contributed by atoms with Crippen LogP contribution in [0.25, 0.3) is 22.1 Å². The minimum atomic E-state index is -0.534. The zero-order valence-corrected chi connectivity index (χ0v) is 18.3. The van der Waals surface area contributed by atoms with Crippen molar-refractivity contribution >= 4 is 45.4 Å². The number of nitrogens with one attached hydrogen (secondary N) is 6. The molecule has 0 aliphatic carbocycles. The number of aromatic nitrogens is 4. The molecule has 12 nitrogen and oxygen atoms in total. The second-order valence-corrected chi connectivity index (χ2v) is 7.39. The molecular weight excluding hydrogens is 444 g/mol. The normalized spacial score (nSPS) is 11.8. The van der Waals surface area contributed by atoms with Gasteiger partial charge >= 0.3 is 23.3 Å². The quantitative estimate of drug-likeness (QED) is 0.213. The van der Waals surface area contributed by atoms with Gasteiger partial charge in [0.15, 0.2) is 0 Å². The third-order valence-electron chi connectivity index (χ3n) is 5.08. The van der Waals surface area contributed by atoms with E-state index in [2.05, 4.69) is 30.6 Å². The summed E-state index contributed by atoms with van der Waals surface area (Å²) >= 11 is 0. The smallest absolute Gasteiger partial charge is 0.323 e. The van der Waals surface area contributed by atoms with Crippen molar-refractivity contribution in [3.63, 3.8) is 0 Å². The number of imidazole rings is 2. The predicted molar refractivity (Wildman–Crippen MR) is 125 cm³/mol. The molecule has 34 heavy (non-hydrogen) atoms. The Balaban J connectivity index is 1.75. The summed E-state index contributed by atoms with van der Waals surface area (Å²) < 4.78 is 9.66. The highest BCUT2D eigenvalue weighted by Gasteiger charge is 2.17. The minimum absolute atomic E-state index is 0.180. The molecule has 2 aromatic carbocycles. The number of ether oxygens (including phenoxy) is 2. The topological polar surface area (TPSA) is 174 Å². The molecule has 0 saturated carbocycles. The number of rotatable bonds is 8. The van der Waals surface area contributed by atoms with Gasteiger partial charge in [-0.25, -0.2) is 9.59 Å². The predicted octanol–water partition coefficient (Wildman–Crippen LogP) is 1.89. The van der Waals surface area contributed by atoms with Crippen molar-refractivity contribution in [2.75, 3.05) is 24.9 Å². The number of methoxy groups -OCH3 is 2. The first-order chi connectivity index (χ1) is 16.3. The molecule has 12 heteroatoms. The zero-order valence-electron chi connectivity index (χ0n) is 18.3. The van der Waals surface area contributed by atoms with E-state index in [0.717, 1.165) is 0 Å². The van der Waals surface area contributed by atoms with E-state index < -0.39 is 11.9 Å². The van der Waals surface area contributed by atoms with Crippen LogP contribution >= 0.6 is 0 Å². The monoisotopic (exact) mass is 466 g/mol. The number of fused-ring (bicyclic) bond motifs is 2. The first-order valence-corrected chi connectivity index (χ1v) is 10.2. The van der Waals surface area contributed by atoms with E-state index in [9.17, 15) is 19.2 Å². The van der Waals surface area contributed by atoms with Crippen molar-refractivity contribution in [1.82, 2.24) is 19.9 Å². The molecular formula is C22H22N6O6. The zero-order chi connectivity index (χ0) is 24.2. The number of benzene rings is 2. The van der Waals surface area contributed by atoms with E-state index in [1.807, 2.05) is 0 Å². The SMILES string of the molecule is COC(=O)C/C(Nc1ccc2[nH]c(=O)[nH]c2c1)=C(/CC(=O)OC)Nc1ccc2[nH]c(=O)[nH]c2c1. The maximum atomic E-state index is 12.2. The maximum absolute atomic E-state index is 12.2. The van der Waals surface area contributed by atoms with Gasteiger partial charge in [-0.15, -0.1) is 0 Å². The number of hydrogen-bond acceptors (Lipinski definition) is 8. The summed E-state index contributed by atoms with van der Waals surface area (Å²) in [6, 6.07) is 10.2. The highest BCUT2D eigenvalue weighted by atomic mass is 16.5. The number of H-pyrrole nitrogens is 4. The molecule has 6 N–H and O–H groups in total. The van der Waals surface area contributed by atoms with E-state index >= 15 is 0 Å². The van der Waals surface area contributed by atoms with Crippen LogP contribution in [-0.2, 0) is 19.1 Å². The van der Waals surface area contributed by atoms with Crippen LogP contribution in [0.4, 0.5) is 11.4 Å². The molecule has 176 valence electrons. The summed E-state index contributed by atoms with van der Waals surface area (Å²) in [7, 11) is 2.53. The minimum Gasteiger partial charge on any atom is -0.469 e. The number of anilines is 2. The Bertz CT molecular complexity index is 1410. The standard InChI is InChI=1S/C22H22N6O6/c1-33-19(29)9-17(23-11-3-5-13-15(7-11)27-21(31)25-13)18(10-20(30)34-2)24-12-4-6-14-16(8-12)28-22(32)26-14/h3-8,23-24H,9-10H2,1-2H3,(H2,25,27,31)(H2,26,28,32)/b18-17+. The number of aromatic amines is 4. The van der Waals surface area contributed by atoms with E-state index in [-0.39, 0.29) is 24.2 Å². The molecule has 4 rings (SSSR count). The number of esters is 2. The summed E-state index contributed by atoms with van der Waals surface area (Å²) in [6.45, 7) is 0. The van der Waals surface area contributed by atoms with E-state index in [1.165, 1.54) is 14.2 Å². The molecule has 0 aliphatic heterocycles. The molecule has 4 aromatic rings. The van der Waals surface area contributed by atoms with Gasteiger partial charge in [0, 0.05) is 22.8 Å². The van der Waals surface area contributed by atoms with Crippen LogP contribution in [-0.4, -0.2) is 46.1 Å². The first kappa shape index (κ1) is 22.5. The summed E-state index contributed by atoms with van der Waals surface area (Å²) in [4.78, 5) is 58.2. The van der Waals surface area contributed by atoms with Gasteiger partial charge in [0.1, 0.15) is 0 Å². The van der Waals surface area contributed by atoms with Gasteiger partial charge in [0.05, 0.1) is 49.1 Å². The van der Waals surface area contributed by atoms with Crippen molar-refractivity contribution in [3.8, 4) is 0 Å². The van der Waals surface area contributed by atoms with Crippen LogP contribution < -0.4 is 22.0 Å². The van der Waals surface area contributed by atoms with Crippen molar-refractivity contribution < 1.29 is 19.1 Å². The van der Waals surface area contributed by atoms with Gasteiger partial charge in [0.2, 0.25) is 0 Å². The highest BCUT2D eigenvalue weighted by Crippen LogP contribution is 2.24. The average Bonchev–Trinajstić information content (AvgIpc) is 3.37. The van der Waals surface area contributed by atoms with Crippen LogP contribution in [0, 0.1) is 0 Å². The Morgan fingerprint density at radius 1 is 0.676 bits per heavy atom. The molecule has 0 atom stereocenters. The molecule has 2 aromatic heterocycles. The molecule has 0 saturated heterocycles. The lowest BCUT2D eigenvalue weighted by Crippen LogP contribution is -2.17. The largest absolute Gasteiger partial charge is 0.469 e. The van der Waals surface area contributed by atoms with Crippen LogP contribution in [0.3, 0.4) is 0 Å². The molecule has 0 unspecified atom stereocenters. The van der Waals surface area contributed by atoms with Gasteiger partial charge in [0.25, 0.3) is 0 Å². The van der Waals surface area contributed by atoms with Crippen molar-refractivity contribution in [2.24, 2.45) is 0 Å². The fraction of sp³-hybridized carbons (Fsp3) is 0.182. The fourth-order valence-electron chi connectivity index (χ4n) is 3.45. The Hall–Kier alpha value is -4.74. The Kier molecular flexibility index (Phi) is 6.21. The fourth-order valence-corrected chi connectivity index (χ4v) is 3.45. The van der Waals surface area contributed by atoms with Crippen LogP contribution in [0.2, 0.25) is 0 Å². The number of carbonyl (C=O) groups is 2. The van der Waals surface area contributed by atoms with E-state index in [4.69, 9.17) is 9.47 Å². The average molecular weight is 466 g/mol. The first-order valence-electron chi connectivity index (χ1n) is 10.2. The lowest BCUT2D eigenvalue weighted by Gasteiger charge is -2.18. The third kappa shape index (κ3) is 5.01. The maximum Gasteiger partial charge on any atom is 0.323 e. The summed E-state index contributed by atoms with van der Waals surface area (Å²) in [6.07, 6.45) is -0.360. The number of carbonyl (C=O) groups excluding carboxylic acids is 2. The van der Waals surface area contributed by atoms with Crippen molar-refractivity contribution in [3.05, 3.63) is 68.8 Å². The molecule has 0 aliphatic rings. The van der Waals surface area contributed by atoms with Gasteiger partial charge < -0.3 is 40.0 Å². The molecule has 0 radical (unpaired) electrons. The Morgan fingerprint density at radius 2 is 1.06 bits per heavy atom. The Morgan fingerprint density at radius 3 is 1.44 bits per heavy atom. The van der Waals surface area contributed by atoms with Gasteiger partial charge in [-0.05, 0) is 36.4 Å². The molecule has 0 bridgehead atoms. The van der Waals surface area contributed by atoms with Gasteiger partial charge in [-0.3, -0.25) is 9.59 Å². The lowest BCUT2D eigenvalue weighted by molar-refractivity contribution is -0.141. The molecule has 0 amide bonds. The summed E-state index contributed by atoms with van der Waals surface area (Å²) in [5, 5.41) is 6.29. The number of hydrogen-bond donors (Lipinski definition) is 6. The van der Waals surface area contributed by atoms with Crippen LogP contribution in [0.15, 0.2) is 57.4 Å². The van der Waals surface area contributed by atoms with Gasteiger partial charge in [-0.1, -0.05) is 0 Å². The van der Waals surface area contributed by atoms with Crippen molar-refractivity contribution in [2.45, 2.75) is 12.8 Å².